The molecule has 0 saturated heterocycles. The monoisotopic (exact) mass is 579 g/mol. The van der Waals surface area contributed by atoms with Crippen LogP contribution in [-0.4, -0.2) is 50.0 Å². The molecular formula is C25H30ClF4N3O4S. The van der Waals surface area contributed by atoms with Crippen molar-refractivity contribution in [2.24, 2.45) is 0 Å². The van der Waals surface area contributed by atoms with Crippen LogP contribution in [0.3, 0.4) is 0 Å². The number of alkyl halides is 3. The SMILES string of the molecule is CCC(C)NC(=O)C(CC)N(Cc1ccc(F)cc1)C(=O)CN(c1cc(C(F)(F)F)ccc1Cl)S(C)(=O)=O. The molecule has 38 heavy (non-hydrogen) atoms. The van der Waals surface area contributed by atoms with E-state index < -0.39 is 57.7 Å². The van der Waals surface area contributed by atoms with Crippen LogP contribution in [-0.2, 0) is 32.3 Å². The van der Waals surface area contributed by atoms with E-state index in [2.05, 4.69) is 5.32 Å². The maximum atomic E-state index is 13.6. The van der Waals surface area contributed by atoms with Gasteiger partial charge in [-0.1, -0.05) is 37.6 Å². The Morgan fingerprint density at radius 1 is 1.05 bits per heavy atom. The number of halogens is 5. The number of carbonyl (C=O) groups is 2. The molecular weight excluding hydrogens is 550 g/mol. The fourth-order valence-electron chi connectivity index (χ4n) is 3.62. The molecule has 2 atom stereocenters. The normalized spacial score (nSPS) is 13.5. The Morgan fingerprint density at radius 2 is 1.66 bits per heavy atom. The summed E-state index contributed by atoms with van der Waals surface area (Å²) < 4.78 is 79.2. The minimum absolute atomic E-state index is 0.151. The van der Waals surface area contributed by atoms with Gasteiger partial charge in [0.2, 0.25) is 21.8 Å². The van der Waals surface area contributed by atoms with Gasteiger partial charge in [-0.2, -0.15) is 13.2 Å². The molecule has 0 aliphatic rings. The summed E-state index contributed by atoms with van der Waals surface area (Å²) >= 11 is 6.07. The molecule has 0 bridgehead atoms. The number of hydrogen-bond acceptors (Lipinski definition) is 4. The van der Waals surface area contributed by atoms with Crippen molar-refractivity contribution < 1.29 is 35.6 Å². The molecule has 2 unspecified atom stereocenters. The van der Waals surface area contributed by atoms with Crippen LogP contribution in [0.1, 0.15) is 44.7 Å². The summed E-state index contributed by atoms with van der Waals surface area (Å²) in [6.07, 6.45) is -3.29. The molecule has 13 heteroatoms. The molecule has 0 saturated carbocycles. The van der Waals surface area contributed by atoms with E-state index in [0.29, 0.717) is 28.4 Å². The molecule has 0 spiro atoms. The van der Waals surface area contributed by atoms with E-state index in [9.17, 15) is 35.6 Å². The molecule has 2 aromatic rings. The third kappa shape index (κ3) is 8.32. The summed E-state index contributed by atoms with van der Waals surface area (Å²) in [4.78, 5) is 27.8. The maximum Gasteiger partial charge on any atom is 0.416 e. The third-order valence-electron chi connectivity index (χ3n) is 5.87. The smallest absolute Gasteiger partial charge is 0.352 e. The Bertz CT molecular complexity index is 1240. The van der Waals surface area contributed by atoms with Gasteiger partial charge in [-0.15, -0.1) is 0 Å². The van der Waals surface area contributed by atoms with E-state index in [4.69, 9.17) is 11.6 Å². The van der Waals surface area contributed by atoms with Crippen LogP contribution < -0.4 is 9.62 Å². The van der Waals surface area contributed by atoms with Crippen molar-refractivity contribution in [2.75, 3.05) is 17.1 Å². The van der Waals surface area contributed by atoms with Gasteiger partial charge in [-0.25, -0.2) is 12.8 Å². The molecule has 210 valence electrons. The molecule has 0 heterocycles. The number of amides is 2. The van der Waals surface area contributed by atoms with Gasteiger partial charge in [-0.3, -0.25) is 13.9 Å². The van der Waals surface area contributed by atoms with E-state index in [0.717, 1.165) is 17.2 Å². The summed E-state index contributed by atoms with van der Waals surface area (Å²) in [5, 5.41) is 2.47. The van der Waals surface area contributed by atoms with Crippen LogP contribution >= 0.6 is 11.6 Å². The molecule has 0 aliphatic carbocycles. The van der Waals surface area contributed by atoms with Crippen molar-refractivity contribution in [2.45, 2.75) is 58.4 Å². The lowest BCUT2D eigenvalue weighted by Crippen LogP contribution is -2.53. The standard InChI is InChI=1S/C25H30ClF4N3O4S/c1-5-16(3)31-24(35)21(6-2)32(14-17-7-10-19(27)11-8-17)23(34)15-33(38(4,36)37)22-13-18(25(28,29)30)9-12-20(22)26/h7-13,16,21H,5-6,14-15H2,1-4H3,(H,31,35). The average Bonchev–Trinajstić information content (AvgIpc) is 2.82. The third-order valence-corrected chi connectivity index (χ3v) is 7.32. The largest absolute Gasteiger partial charge is 0.416 e. The second-order valence-corrected chi connectivity index (χ2v) is 11.1. The fourth-order valence-corrected chi connectivity index (χ4v) is 4.74. The van der Waals surface area contributed by atoms with Gasteiger partial charge in [0, 0.05) is 12.6 Å². The Kier molecular flexibility index (Phi) is 10.6. The van der Waals surface area contributed by atoms with Gasteiger partial charge in [0.25, 0.3) is 0 Å². The zero-order valence-corrected chi connectivity index (χ0v) is 22.9. The molecule has 0 fully saturated rings. The van der Waals surface area contributed by atoms with Crippen LogP contribution in [0.15, 0.2) is 42.5 Å². The number of nitrogens with one attached hydrogen (secondary N) is 1. The highest BCUT2D eigenvalue weighted by atomic mass is 35.5. The van der Waals surface area contributed by atoms with Crippen LogP contribution in [0.5, 0.6) is 0 Å². The predicted octanol–water partition coefficient (Wildman–Crippen LogP) is 4.99. The average molecular weight is 580 g/mol. The fraction of sp³-hybridized carbons (Fsp3) is 0.440. The van der Waals surface area contributed by atoms with Crippen LogP contribution in [0.4, 0.5) is 23.2 Å². The highest BCUT2D eigenvalue weighted by Crippen LogP contribution is 2.36. The molecule has 2 amide bonds. The molecule has 2 aromatic carbocycles. The van der Waals surface area contributed by atoms with Crippen molar-refractivity contribution in [3.63, 3.8) is 0 Å². The summed E-state index contributed by atoms with van der Waals surface area (Å²) in [5.41, 5.74) is -1.23. The van der Waals surface area contributed by atoms with E-state index in [1.807, 2.05) is 6.92 Å². The second kappa shape index (κ2) is 12.8. The Hall–Kier alpha value is -2.86. The van der Waals surface area contributed by atoms with Crippen LogP contribution in [0.25, 0.3) is 0 Å². The number of rotatable bonds is 11. The number of anilines is 1. The van der Waals surface area contributed by atoms with Crippen molar-refractivity contribution in [1.82, 2.24) is 10.2 Å². The van der Waals surface area contributed by atoms with Gasteiger partial charge >= 0.3 is 6.18 Å². The number of benzene rings is 2. The van der Waals surface area contributed by atoms with E-state index >= 15 is 0 Å². The lowest BCUT2D eigenvalue weighted by atomic mass is 10.1. The minimum Gasteiger partial charge on any atom is -0.352 e. The lowest BCUT2D eigenvalue weighted by Gasteiger charge is -2.33. The van der Waals surface area contributed by atoms with Crippen LogP contribution in [0, 0.1) is 5.82 Å². The topological polar surface area (TPSA) is 86.8 Å². The van der Waals surface area contributed by atoms with E-state index in [1.54, 1.807) is 13.8 Å². The summed E-state index contributed by atoms with van der Waals surface area (Å²) in [5.74, 6) is -1.87. The molecule has 2 rings (SSSR count). The van der Waals surface area contributed by atoms with Crippen LogP contribution in [0.2, 0.25) is 5.02 Å². The summed E-state index contributed by atoms with van der Waals surface area (Å²) in [6, 6.07) is 6.05. The Morgan fingerprint density at radius 3 is 2.16 bits per heavy atom. The maximum absolute atomic E-state index is 13.6. The first-order chi connectivity index (χ1) is 17.6. The first-order valence-corrected chi connectivity index (χ1v) is 14.0. The molecule has 0 aliphatic heterocycles. The van der Waals surface area contributed by atoms with Gasteiger partial charge in [0.1, 0.15) is 18.4 Å². The molecule has 0 radical (unpaired) electrons. The molecule has 0 aromatic heterocycles. The van der Waals surface area contributed by atoms with Gasteiger partial charge in [-0.05, 0) is 55.7 Å². The molecule has 7 nitrogen and oxygen atoms in total. The Labute approximate surface area is 224 Å². The summed E-state index contributed by atoms with van der Waals surface area (Å²) in [7, 11) is -4.30. The number of nitrogens with zero attached hydrogens (tertiary/aromatic N) is 2. The minimum atomic E-state index is -4.79. The van der Waals surface area contributed by atoms with Crippen molar-refractivity contribution in [1.29, 1.82) is 0 Å². The zero-order valence-electron chi connectivity index (χ0n) is 21.4. The first kappa shape index (κ1) is 31.4. The van der Waals surface area contributed by atoms with Gasteiger partial charge in [0.05, 0.1) is 22.5 Å². The van der Waals surface area contributed by atoms with Crippen molar-refractivity contribution >= 4 is 39.1 Å². The summed E-state index contributed by atoms with van der Waals surface area (Å²) in [6.45, 7) is 4.19. The predicted molar refractivity (Wildman–Crippen MR) is 138 cm³/mol. The van der Waals surface area contributed by atoms with Gasteiger partial charge in [0.15, 0.2) is 0 Å². The first-order valence-electron chi connectivity index (χ1n) is 11.8. The lowest BCUT2D eigenvalue weighted by molar-refractivity contribution is -0.140. The number of carbonyl (C=O) groups excluding carboxylic acids is 2. The van der Waals surface area contributed by atoms with Crippen molar-refractivity contribution in [3.05, 3.63) is 64.4 Å². The zero-order chi connectivity index (χ0) is 28.8. The highest BCUT2D eigenvalue weighted by Gasteiger charge is 2.35. The van der Waals surface area contributed by atoms with Gasteiger partial charge < -0.3 is 10.2 Å². The van der Waals surface area contributed by atoms with Crippen molar-refractivity contribution in [3.8, 4) is 0 Å². The Balaban J connectivity index is 2.54. The molecule has 1 N–H and O–H groups in total. The van der Waals surface area contributed by atoms with E-state index in [-0.39, 0.29) is 24.0 Å². The van der Waals surface area contributed by atoms with E-state index in [1.165, 1.54) is 24.3 Å². The number of hydrogen-bond donors (Lipinski definition) is 1. The second-order valence-electron chi connectivity index (χ2n) is 8.82. The number of sulfonamides is 1. The quantitative estimate of drug-likeness (QED) is 0.380. The highest BCUT2D eigenvalue weighted by molar-refractivity contribution is 7.92.